The van der Waals surface area contributed by atoms with Crippen molar-refractivity contribution in [3.05, 3.63) is 52.2 Å². The third-order valence-corrected chi connectivity index (χ3v) is 7.20. The fourth-order valence-electron chi connectivity index (χ4n) is 4.46. The van der Waals surface area contributed by atoms with E-state index in [1.165, 1.54) is 22.6 Å². The van der Waals surface area contributed by atoms with Gasteiger partial charge in [0.2, 0.25) is 0 Å². The lowest BCUT2D eigenvalue weighted by Crippen LogP contribution is -2.07. The molecule has 1 aromatic carbocycles. The van der Waals surface area contributed by atoms with Gasteiger partial charge >= 0.3 is 0 Å². The van der Waals surface area contributed by atoms with Crippen LogP contribution in [0.5, 0.6) is 0 Å². The number of halogens is 2. The average molecular weight is 385 g/mol. The van der Waals surface area contributed by atoms with Crippen molar-refractivity contribution in [2.24, 2.45) is 0 Å². The van der Waals surface area contributed by atoms with Gasteiger partial charge in [-0.3, -0.25) is 0 Å². The Bertz CT molecular complexity index is 1040. The predicted octanol–water partition coefficient (Wildman–Crippen LogP) is 5.94. The fourth-order valence-corrected chi connectivity index (χ4v) is 5.43. The van der Waals surface area contributed by atoms with Crippen LogP contribution in [0, 0.1) is 11.6 Å². The highest BCUT2D eigenvalue weighted by molar-refractivity contribution is 7.15. The van der Waals surface area contributed by atoms with Crippen LogP contribution in [0.2, 0.25) is 0 Å². The normalized spacial score (nSPS) is 21.1. The lowest BCUT2D eigenvalue weighted by molar-refractivity contribution is 0.567. The van der Waals surface area contributed by atoms with Crippen molar-refractivity contribution in [3.63, 3.8) is 0 Å². The molecule has 3 nitrogen and oxygen atoms in total. The third kappa shape index (κ3) is 2.57. The first-order valence-corrected chi connectivity index (χ1v) is 10.2. The maximum atomic E-state index is 14.5. The minimum absolute atomic E-state index is 0.0315. The van der Waals surface area contributed by atoms with Gasteiger partial charge in [-0.2, -0.15) is 5.10 Å². The molecule has 3 aromatic rings. The number of thiazole rings is 1. The minimum Gasteiger partial charge on any atom is -0.242 e. The summed E-state index contributed by atoms with van der Waals surface area (Å²) in [6.07, 6.45) is 5.29. The van der Waals surface area contributed by atoms with Crippen molar-refractivity contribution < 1.29 is 8.78 Å². The number of nitrogens with zero attached hydrogens (tertiary/aromatic N) is 3. The zero-order valence-electron chi connectivity index (χ0n) is 15.6. The lowest BCUT2D eigenvalue weighted by Gasteiger charge is -2.14. The molecule has 2 heterocycles. The van der Waals surface area contributed by atoms with Crippen molar-refractivity contribution in [1.82, 2.24) is 14.8 Å². The van der Waals surface area contributed by atoms with Gasteiger partial charge in [0.15, 0.2) is 5.82 Å². The quantitative estimate of drug-likeness (QED) is 0.547. The van der Waals surface area contributed by atoms with Crippen molar-refractivity contribution >= 4 is 11.3 Å². The van der Waals surface area contributed by atoms with Crippen molar-refractivity contribution in [1.29, 1.82) is 0 Å². The van der Waals surface area contributed by atoms with Crippen LogP contribution in [0.1, 0.15) is 68.0 Å². The van der Waals surface area contributed by atoms with Gasteiger partial charge in [0.1, 0.15) is 22.2 Å². The van der Waals surface area contributed by atoms with Crippen LogP contribution in [0.3, 0.4) is 0 Å². The van der Waals surface area contributed by atoms with E-state index in [9.17, 15) is 8.78 Å². The molecule has 2 aliphatic rings. The van der Waals surface area contributed by atoms with Gasteiger partial charge in [-0.15, -0.1) is 11.3 Å². The first-order valence-electron chi connectivity index (χ1n) is 9.38. The SMILES string of the molecule is CC(C)(C)c1cnc(-c2nn(-c3ccc(F)cc3F)c3c2[C@H]2CC[C@@H]3C2)s1. The van der Waals surface area contributed by atoms with E-state index in [0.29, 0.717) is 17.5 Å². The van der Waals surface area contributed by atoms with Gasteiger partial charge in [0.05, 0.1) is 5.69 Å². The molecule has 6 heteroatoms. The summed E-state index contributed by atoms with van der Waals surface area (Å²) in [5.41, 5.74) is 3.55. The topological polar surface area (TPSA) is 30.7 Å². The van der Waals surface area contributed by atoms with Crippen LogP contribution in [0.15, 0.2) is 24.4 Å². The number of fused-ring (bicyclic) bond motifs is 5. The molecule has 2 atom stereocenters. The number of benzene rings is 1. The molecule has 0 N–H and O–H groups in total. The molecule has 0 aliphatic heterocycles. The molecule has 0 amide bonds. The van der Waals surface area contributed by atoms with Gasteiger partial charge in [-0.25, -0.2) is 18.4 Å². The fraction of sp³-hybridized carbons (Fsp3) is 0.429. The Labute approximate surface area is 161 Å². The molecule has 2 aromatic heterocycles. The maximum Gasteiger partial charge on any atom is 0.151 e. The van der Waals surface area contributed by atoms with Crippen LogP contribution in [0.4, 0.5) is 8.78 Å². The molecule has 2 bridgehead atoms. The summed E-state index contributed by atoms with van der Waals surface area (Å²) in [4.78, 5) is 5.85. The highest BCUT2D eigenvalue weighted by atomic mass is 32.1. The van der Waals surface area contributed by atoms with Gasteiger partial charge < -0.3 is 0 Å². The highest BCUT2D eigenvalue weighted by Crippen LogP contribution is 2.56. The average Bonchev–Trinajstić information content (AvgIpc) is 3.35. The molecule has 0 spiro atoms. The van der Waals surface area contributed by atoms with Crippen LogP contribution in [0.25, 0.3) is 16.4 Å². The standard InChI is InChI=1S/C21H21F2N3S/c1-21(2,3)16-10-24-20(27-16)18-17-11-4-5-12(8-11)19(17)26(25-18)15-7-6-13(22)9-14(15)23/h6-7,9-12H,4-5,8H2,1-3H3/t11-,12+/m0/s1. The molecule has 0 saturated heterocycles. The van der Waals surface area contributed by atoms with Crippen molar-refractivity contribution in [2.45, 2.75) is 57.3 Å². The van der Waals surface area contributed by atoms with E-state index in [0.717, 1.165) is 41.7 Å². The van der Waals surface area contributed by atoms with Crippen LogP contribution in [-0.2, 0) is 5.41 Å². The highest BCUT2D eigenvalue weighted by Gasteiger charge is 2.43. The molecule has 2 aliphatic carbocycles. The molecule has 1 fully saturated rings. The van der Waals surface area contributed by atoms with Crippen molar-refractivity contribution in [2.75, 3.05) is 0 Å². The summed E-state index contributed by atoms with van der Waals surface area (Å²) in [6.45, 7) is 6.51. The zero-order valence-corrected chi connectivity index (χ0v) is 16.4. The van der Waals surface area contributed by atoms with Crippen LogP contribution >= 0.6 is 11.3 Å². The van der Waals surface area contributed by atoms with E-state index < -0.39 is 11.6 Å². The number of hydrogen-bond donors (Lipinski definition) is 0. The monoisotopic (exact) mass is 385 g/mol. The van der Waals surface area contributed by atoms with Crippen LogP contribution in [-0.4, -0.2) is 14.8 Å². The molecule has 27 heavy (non-hydrogen) atoms. The molecule has 0 radical (unpaired) electrons. The number of aromatic nitrogens is 3. The van der Waals surface area contributed by atoms with Gasteiger partial charge in [0.25, 0.3) is 0 Å². The van der Waals surface area contributed by atoms with E-state index in [-0.39, 0.29) is 5.41 Å². The summed E-state index contributed by atoms with van der Waals surface area (Å²) in [5.74, 6) is -0.280. The van der Waals surface area contributed by atoms with Crippen LogP contribution < -0.4 is 0 Å². The van der Waals surface area contributed by atoms with Gasteiger partial charge in [-0.05, 0) is 42.7 Å². The molecular formula is C21H21F2N3S. The molecular weight excluding hydrogens is 364 g/mol. The van der Waals surface area contributed by atoms with Gasteiger partial charge in [0, 0.05) is 28.6 Å². The largest absolute Gasteiger partial charge is 0.242 e. The Morgan fingerprint density at radius 1 is 1.15 bits per heavy atom. The third-order valence-electron chi connectivity index (χ3n) is 5.77. The summed E-state index contributed by atoms with van der Waals surface area (Å²) in [5, 5.41) is 5.69. The predicted molar refractivity (Wildman–Crippen MR) is 103 cm³/mol. The zero-order chi connectivity index (χ0) is 18.9. The first-order chi connectivity index (χ1) is 12.8. The maximum absolute atomic E-state index is 14.5. The number of rotatable bonds is 2. The Morgan fingerprint density at radius 3 is 2.63 bits per heavy atom. The van der Waals surface area contributed by atoms with Gasteiger partial charge in [-0.1, -0.05) is 20.8 Å². The van der Waals surface area contributed by atoms with E-state index in [2.05, 4.69) is 25.8 Å². The summed E-state index contributed by atoms with van der Waals surface area (Å²) in [6, 6.07) is 3.70. The van der Waals surface area contributed by atoms with E-state index in [1.54, 1.807) is 16.0 Å². The lowest BCUT2D eigenvalue weighted by atomic mass is 9.95. The first kappa shape index (κ1) is 17.0. The second-order valence-electron chi connectivity index (χ2n) is 8.64. The number of hydrogen-bond acceptors (Lipinski definition) is 3. The smallest absolute Gasteiger partial charge is 0.151 e. The molecule has 5 rings (SSSR count). The van der Waals surface area contributed by atoms with E-state index in [1.807, 2.05) is 6.20 Å². The molecule has 0 unspecified atom stereocenters. The second kappa shape index (κ2) is 5.71. The summed E-state index contributed by atoms with van der Waals surface area (Å²) in [7, 11) is 0. The Balaban J connectivity index is 1.70. The second-order valence-corrected chi connectivity index (χ2v) is 9.67. The van der Waals surface area contributed by atoms with E-state index >= 15 is 0 Å². The Morgan fingerprint density at radius 2 is 1.93 bits per heavy atom. The molecule has 140 valence electrons. The minimum atomic E-state index is -0.579. The molecule has 1 saturated carbocycles. The summed E-state index contributed by atoms with van der Waals surface area (Å²) < 4.78 is 29.6. The summed E-state index contributed by atoms with van der Waals surface area (Å²) >= 11 is 1.66. The Hall–Kier alpha value is -2.08. The Kier molecular flexibility index (Phi) is 3.60. The van der Waals surface area contributed by atoms with E-state index in [4.69, 9.17) is 5.10 Å². The van der Waals surface area contributed by atoms with Crippen molar-refractivity contribution in [3.8, 4) is 16.4 Å².